The molecule has 19 heavy (non-hydrogen) atoms. The van der Waals surface area contributed by atoms with Gasteiger partial charge in [-0.3, -0.25) is 4.79 Å². The molecule has 0 aliphatic rings. The van der Waals surface area contributed by atoms with Gasteiger partial charge in [0.15, 0.2) is 0 Å². The molecule has 1 N–H and O–H groups in total. The molecule has 1 aromatic heterocycles. The number of rotatable bonds is 3. The summed E-state index contributed by atoms with van der Waals surface area (Å²) in [6, 6.07) is 8.42. The normalized spacial score (nSPS) is 9.89. The van der Waals surface area contributed by atoms with E-state index in [4.69, 9.17) is 11.2 Å². The van der Waals surface area contributed by atoms with Crippen LogP contribution in [0.25, 0.3) is 10.6 Å². The van der Waals surface area contributed by atoms with Crippen LogP contribution in [-0.2, 0) is 7.05 Å². The van der Waals surface area contributed by atoms with Crippen molar-refractivity contribution in [3.05, 3.63) is 39.9 Å². The molecule has 96 valence electrons. The van der Waals surface area contributed by atoms with Gasteiger partial charge in [0.2, 0.25) is 4.74 Å². The molecule has 0 spiro atoms. The van der Waals surface area contributed by atoms with Gasteiger partial charge in [-0.05, 0) is 23.5 Å². The molecule has 0 amide bonds. The molecule has 0 unspecified atom stereocenters. The van der Waals surface area contributed by atoms with Crippen molar-refractivity contribution in [3.8, 4) is 34.5 Å². The number of hydrogen-bond acceptors (Lipinski definition) is 4. The molecule has 0 fully saturated rings. The van der Waals surface area contributed by atoms with Crippen LogP contribution in [0, 0.1) is 12.3 Å². The van der Waals surface area contributed by atoms with Gasteiger partial charge in [-0.2, -0.15) is 4.57 Å². The lowest BCUT2D eigenvalue weighted by molar-refractivity contribution is -0.664. The van der Waals surface area contributed by atoms with Crippen LogP contribution in [0.2, 0.25) is 0 Å². The molecule has 0 aliphatic heterocycles. The second kappa shape index (κ2) is 5.55. The number of aromatic hydroxyl groups is 1. The molecular weight excluding hydrogens is 262 g/mol. The summed E-state index contributed by atoms with van der Waals surface area (Å²) in [5.41, 5.74) is 0.721. The Labute approximate surface area is 114 Å². The monoisotopic (exact) mass is 274 g/mol. The van der Waals surface area contributed by atoms with Gasteiger partial charge in [-0.25, -0.2) is 0 Å². The first-order chi connectivity index (χ1) is 9.13. The topological polar surface area (TPSA) is 50.4 Å². The van der Waals surface area contributed by atoms with Crippen molar-refractivity contribution in [2.45, 2.75) is 0 Å². The maximum Gasteiger partial charge on any atom is 0.371 e. The third-order valence-corrected chi connectivity index (χ3v) is 3.53. The molecule has 2 aromatic rings. The van der Waals surface area contributed by atoms with E-state index in [1.54, 1.807) is 13.1 Å². The Kier molecular flexibility index (Phi) is 3.83. The van der Waals surface area contributed by atoms with E-state index in [1.165, 1.54) is 10.6 Å². The highest BCUT2D eigenvalue weighted by Crippen LogP contribution is 2.29. The maximum atomic E-state index is 11.5. The SMILES string of the molecule is C#CCOc1ccccc1-c1sc(=O)cc(O)[n+]1C. The molecule has 0 bridgehead atoms. The first-order valence-electron chi connectivity index (χ1n) is 5.52. The largest absolute Gasteiger partial charge is 0.480 e. The Morgan fingerprint density at radius 1 is 1.47 bits per heavy atom. The summed E-state index contributed by atoms with van der Waals surface area (Å²) in [7, 11) is 1.68. The predicted octanol–water partition coefficient (Wildman–Crippen LogP) is 1.32. The second-order valence-electron chi connectivity index (χ2n) is 3.78. The molecule has 2 rings (SSSR count). The van der Waals surface area contributed by atoms with Gasteiger partial charge >= 0.3 is 5.88 Å². The number of para-hydroxylation sites is 1. The Bertz CT molecular complexity index is 701. The van der Waals surface area contributed by atoms with Gasteiger partial charge in [-0.1, -0.05) is 18.1 Å². The second-order valence-corrected chi connectivity index (χ2v) is 4.77. The number of nitrogens with zero attached hydrogens (tertiary/aromatic N) is 1. The average Bonchev–Trinajstić information content (AvgIpc) is 2.41. The Balaban J connectivity index is 2.59. The third-order valence-electron chi connectivity index (χ3n) is 2.52. The number of ether oxygens (including phenoxy) is 1. The minimum absolute atomic E-state index is 0.0921. The first kappa shape index (κ1) is 13.1. The zero-order valence-electron chi connectivity index (χ0n) is 10.3. The van der Waals surface area contributed by atoms with Crippen LogP contribution in [0.3, 0.4) is 0 Å². The van der Waals surface area contributed by atoms with Crippen molar-refractivity contribution in [1.82, 2.24) is 0 Å². The van der Waals surface area contributed by atoms with Gasteiger partial charge in [0.25, 0.3) is 5.01 Å². The summed E-state index contributed by atoms with van der Waals surface area (Å²) in [4.78, 5) is 11.5. The fraction of sp³-hybridized carbons (Fsp3) is 0.143. The highest BCUT2D eigenvalue weighted by Gasteiger charge is 2.20. The van der Waals surface area contributed by atoms with Gasteiger partial charge in [0.1, 0.15) is 25.5 Å². The van der Waals surface area contributed by atoms with Crippen molar-refractivity contribution in [1.29, 1.82) is 0 Å². The van der Waals surface area contributed by atoms with E-state index < -0.39 is 0 Å². The van der Waals surface area contributed by atoms with Crippen molar-refractivity contribution in [3.63, 3.8) is 0 Å². The van der Waals surface area contributed by atoms with Gasteiger partial charge in [-0.15, -0.1) is 6.42 Å². The summed E-state index contributed by atoms with van der Waals surface area (Å²) >= 11 is 1.03. The van der Waals surface area contributed by atoms with Crippen LogP contribution in [0.1, 0.15) is 0 Å². The highest BCUT2D eigenvalue weighted by molar-refractivity contribution is 7.12. The lowest BCUT2D eigenvalue weighted by Crippen LogP contribution is -2.32. The van der Waals surface area contributed by atoms with Gasteiger partial charge in [0, 0.05) is 0 Å². The number of benzene rings is 1. The van der Waals surface area contributed by atoms with Crippen LogP contribution in [0.15, 0.2) is 35.1 Å². The van der Waals surface area contributed by atoms with E-state index in [-0.39, 0.29) is 17.2 Å². The lowest BCUT2D eigenvalue weighted by atomic mass is 10.2. The van der Waals surface area contributed by atoms with Crippen molar-refractivity contribution in [2.75, 3.05) is 6.61 Å². The summed E-state index contributed by atoms with van der Waals surface area (Å²) in [5.74, 6) is 2.88. The third kappa shape index (κ3) is 2.75. The average molecular weight is 274 g/mol. The molecule has 0 aliphatic carbocycles. The van der Waals surface area contributed by atoms with Crippen LogP contribution < -0.4 is 14.0 Å². The number of terminal acetylenes is 1. The summed E-state index contributed by atoms with van der Waals surface area (Å²) in [6.07, 6.45) is 5.18. The van der Waals surface area contributed by atoms with E-state index in [2.05, 4.69) is 5.92 Å². The van der Waals surface area contributed by atoms with E-state index in [9.17, 15) is 9.90 Å². The summed E-state index contributed by atoms with van der Waals surface area (Å²) < 4.78 is 6.76. The number of aromatic nitrogens is 1. The predicted molar refractivity (Wildman–Crippen MR) is 73.2 cm³/mol. The first-order valence-corrected chi connectivity index (χ1v) is 6.34. The van der Waals surface area contributed by atoms with E-state index in [0.29, 0.717) is 10.8 Å². The Morgan fingerprint density at radius 2 is 2.21 bits per heavy atom. The smallest absolute Gasteiger partial charge is 0.371 e. The molecule has 0 saturated heterocycles. The Hall–Kier alpha value is -2.32. The minimum Gasteiger partial charge on any atom is -0.480 e. The Morgan fingerprint density at radius 3 is 2.95 bits per heavy atom. The molecule has 5 heteroatoms. The quantitative estimate of drug-likeness (QED) is 0.678. The van der Waals surface area contributed by atoms with Crippen LogP contribution >= 0.6 is 11.3 Å². The van der Waals surface area contributed by atoms with Crippen LogP contribution in [-0.4, -0.2) is 11.7 Å². The fourth-order valence-corrected chi connectivity index (χ4v) is 2.49. The lowest BCUT2D eigenvalue weighted by Gasteiger charge is -2.07. The maximum absolute atomic E-state index is 11.5. The molecule has 0 radical (unpaired) electrons. The minimum atomic E-state index is -0.225. The van der Waals surface area contributed by atoms with E-state index in [1.807, 2.05) is 18.2 Å². The van der Waals surface area contributed by atoms with E-state index >= 15 is 0 Å². The zero-order chi connectivity index (χ0) is 13.8. The van der Waals surface area contributed by atoms with Crippen molar-refractivity contribution >= 4 is 11.3 Å². The van der Waals surface area contributed by atoms with E-state index in [0.717, 1.165) is 16.9 Å². The van der Waals surface area contributed by atoms with Crippen LogP contribution in [0.4, 0.5) is 0 Å². The van der Waals surface area contributed by atoms with Gasteiger partial charge < -0.3 is 9.84 Å². The van der Waals surface area contributed by atoms with Crippen molar-refractivity contribution < 1.29 is 14.4 Å². The molecule has 1 aromatic carbocycles. The number of hydrogen-bond donors (Lipinski definition) is 1. The summed E-state index contributed by atoms with van der Waals surface area (Å²) in [6.45, 7) is 0.147. The molecular formula is C14H12NO3S+. The fourth-order valence-electron chi connectivity index (χ4n) is 1.62. The molecule has 4 nitrogen and oxygen atoms in total. The molecule has 0 atom stereocenters. The molecule has 1 heterocycles. The zero-order valence-corrected chi connectivity index (χ0v) is 11.1. The van der Waals surface area contributed by atoms with Crippen molar-refractivity contribution in [2.24, 2.45) is 7.05 Å². The van der Waals surface area contributed by atoms with Crippen LogP contribution in [0.5, 0.6) is 11.6 Å². The highest BCUT2D eigenvalue weighted by atomic mass is 32.1. The molecule has 0 saturated carbocycles. The standard InChI is InChI=1S/C14H11NO3S/c1-3-8-18-11-7-5-4-6-10(11)14-15(2)12(16)9-13(17)19-14/h1,4-7,9H,8H2,2H3/p+1. The summed E-state index contributed by atoms with van der Waals surface area (Å²) in [5, 5.41) is 10.3. The van der Waals surface area contributed by atoms with Gasteiger partial charge in [0.05, 0.1) is 5.56 Å².